The minimum Gasteiger partial charge on any atom is -0.453 e. The Kier molecular flexibility index (Phi) is 4.83. The third kappa shape index (κ3) is 3.54. The minimum atomic E-state index is -0.324. The molecule has 1 aliphatic heterocycles. The van der Waals surface area contributed by atoms with Gasteiger partial charge >= 0.3 is 6.09 Å². The molecular formula is C16H22N2O3. The molecule has 1 aromatic carbocycles. The number of carbonyl (C=O) groups excluding carboxylic acids is 2. The molecule has 5 nitrogen and oxygen atoms in total. The molecule has 0 saturated carbocycles. The van der Waals surface area contributed by atoms with E-state index in [-0.39, 0.29) is 12.0 Å². The van der Waals surface area contributed by atoms with E-state index in [9.17, 15) is 9.59 Å². The Labute approximate surface area is 125 Å². The van der Waals surface area contributed by atoms with Crippen molar-refractivity contribution >= 4 is 12.0 Å². The van der Waals surface area contributed by atoms with Crippen LogP contribution in [0.3, 0.4) is 0 Å². The number of ether oxygens (including phenoxy) is 1. The number of rotatable bonds is 1. The van der Waals surface area contributed by atoms with Gasteiger partial charge in [0.2, 0.25) is 0 Å². The minimum absolute atomic E-state index is 0.0322. The Balaban J connectivity index is 2.06. The summed E-state index contributed by atoms with van der Waals surface area (Å²) >= 11 is 0. The Bertz CT molecular complexity index is 542. The summed E-state index contributed by atoms with van der Waals surface area (Å²) in [5, 5.41) is 0. The molecule has 1 fully saturated rings. The number of hydrogen-bond acceptors (Lipinski definition) is 3. The Morgan fingerprint density at radius 2 is 1.67 bits per heavy atom. The number of amides is 2. The largest absolute Gasteiger partial charge is 0.453 e. The summed E-state index contributed by atoms with van der Waals surface area (Å²) in [7, 11) is 1.38. The van der Waals surface area contributed by atoms with E-state index in [0.717, 1.165) is 12.0 Å². The molecule has 21 heavy (non-hydrogen) atoms. The van der Waals surface area contributed by atoms with E-state index in [1.54, 1.807) is 4.90 Å². The molecule has 0 N–H and O–H groups in total. The number of aryl methyl sites for hydroxylation is 2. The normalized spacial score (nSPS) is 15.6. The fourth-order valence-electron chi connectivity index (χ4n) is 2.49. The average molecular weight is 290 g/mol. The van der Waals surface area contributed by atoms with Crippen molar-refractivity contribution in [3.8, 4) is 0 Å². The highest BCUT2D eigenvalue weighted by molar-refractivity contribution is 5.94. The van der Waals surface area contributed by atoms with Gasteiger partial charge in [-0.2, -0.15) is 0 Å². The average Bonchev–Trinajstić information content (AvgIpc) is 2.74. The van der Waals surface area contributed by atoms with Gasteiger partial charge in [-0.1, -0.05) is 6.07 Å². The molecule has 0 aliphatic carbocycles. The van der Waals surface area contributed by atoms with Crippen LogP contribution in [0, 0.1) is 13.8 Å². The van der Waals surface area contributed by atoms with E-state index in [2.05, 4.69) is 0 Å². The van der Waals surface area contributed by atoms with E-state index >= 15 is 0 Å². The van der Waals surface area contributed by atoms with Crippen LogP contribution in [0.1, 0.15) is 27.9 Å². The zero-order valence-electron chi connectivity index (χ0n) is 12.9. The quantitative estimate of drug-likeness (QED) is 0.797. The second-order valence-electron chi connectivity index (χ2n) is 5.40. The van der Waals surface area contributed by atoms with Crippen LogP contribution in [0.4, 0.5) is 4.79 Å². The summed E-state index contributed by atoms with van der Waals surface area (Å²) in [6.45, 7) is 6.39. The van der Waals surface area contributed by atoms with Crippen LogP contribution in [-0.2, 0) is 4.74 Å². The first-order chi connectivity index (χ1) is 10.0. The van der Waals surface area contributed by atoms with Crippen LogP contribution in [0.5, 0.6) is 0 Å². The lowest BCUT2D eigenvalue weighted by atomic mass is 10.1. The highest BCUT2D eigenvalue weighted by Gasteiger charge is 2.23. The SMILES string of the molecule is COC(=O)N1CCCN(C(=O)c2ccc(C)c(C)c2)CC1. The Hall–Kier alpha value is -2.04. The van der Waals surface area contributed by atoms with Crippen LogP contribution in [0.15, 0.2) is 18.2 Å². The van der Waals surface area contributed by atoms with Gasteiger partial charge in [-0.3, -0.25) is 4.79 Å². The monoisotopic (exact) mass is 290 g/mol. The molecule has 1 aliphatic rings. The van der Waals surface area contributed by atoms with Crippen LogP contribution < -0.4 is 0 Å². The summed E-state index contributed by atoms with van der Waals surface area (Å²) in [6, 6.07) is 5.77. The molecular weight excluding hydrogens is 268 g/mol. The molecule has 0 unspecified atom stereocenters. The highest BCUT2D eigenvalue weighted by atomic mass is 16.5. The zero-order valence-corrected chi connectivity index (χ0v) is 12.9. The third-order valence-electron chi connectivity index (χ3n) is 3.97. The van der Waals surface area contributed by atoms with Crippen LogP contribution in [0.25, 0.3) is 0 Å². The molecule has 0 bridgehead atoms. The van der Waals surface area contributed by atoms with Crippen LogP contribution in [0.2, 0.25) is 0 Å². The summed E-state index contributed by atoms with van der Waals surface area (Å²) in [5.41, 5.74) is 3.01. The summed E-state index contributed by atoms with van der Waals surface area (Å²) in [4.78, 5) is 27.6. The maximum atomic E-state index is 12.6. The van der Waals surface area contributed by atoms with Crippen molar-refractivity contribution in [1.82, 2.24) is 9.80 Å². The molecule has 2 rings (SSSR count). The molecule has 5 heteroatoms. The summed E-state index contributed by atoms with van der Waals surface area (Å²) < 4.78 is 4.74. The Morgan fingerprint density at radius 3 is 2.33 bits per heavy atom. The number of nitrogens with zero attached hydrogens (tertiary/aromatic N) is 2. The topological polar surface area (TPSA) is 49.9 Å². The van der Waals surface area contributed by atoms with Crippen LogP contribution >= 0.6 is 0 Å². The van der Waals surface area contributed by atoms with Crippen molar-refractivity contribution < 1.29 is 14.3 Å². The summed E-state index contributed by atoms with van der Waals surface area (Å²) in [5.74, 6) is 0.0322. The fraction of sp³-hybridized carbons (Fsp3) is 0.500. The van der Waals surface area contributed by atoms with E-state index < -0.39 is 0 Å². The number of carbonyl (C=O) groups is 2. The smallest absolute Gasteiger partial charge is 0.409 e. The zero-order chi connectivity index (χ0) is 15.4. The fourth-order valence-corrected chi connectivity index (χ4v) is 2.49. The predicted molar refractivity (Wildman–Crippen MR) is 80.4 cm³/mol. The summed E-state index contributed by atoms with van der Waals surface area (Å²) in [6.07, 6.45) is 0.446. The van der Waals surface area contributed by atoms with Gasteiger partial charge in [0.05, 0.1) is 7.11 Å². The highest BCUT2D eigenvalue weighted by Crippen LogP contribution is 2.14. The van der Waals surface area contributed by atoms with E-state index in [1.807, 2.05) is 36.9 Å². The van der Waals surface area contributed by atoms with Gasteiger partial charge in [0.25, 0.3) is 5.91 Å². The van der Waals surface area contributed by atoms with Gasteiger partial charge in [0.15, 0.2) is 0 Å². The van der Waals surface area contributed by atoms with Gasteiger partial charge in [-0.05, 0) is 43.5 Å². The molecule has 2 amide bonds. The van der Waals surface area contributed by atoms with Gasteiger partial charge in [0.1, 0.15) is 0 Å². The first-order valence-corrected chi connectivity index (χ1v) is 7.22. The first kappa shape index (κ1) is 15.4. The maximum Gasteiger partial charge on any atom is 0.409 e. The molecule has 1 heterocycles. The lowest BCUT2D eigenvalue weighted by molar-refractivity contribution is 0.0757. The van der Waals surface area contributed by atoms with Crippen molar-refractivity contribution in [2.24, 2.45) is 0 Å². The van der Waals surface area contributed by atoms with E-state index in [1.165, 1.54) is 12.7 Å². The Morgan fingerprint density at radius 1 is 1.00 bits per heavy atom. The first-order valence-electron chi connectivity index (χ1n) is 7.22. The molecule has 0 atom stereocenters. The number of methoxy groups -OCH3 is 1. The number of hydrogen-bond donors (Lipinski definition) is 0. The van der Waals surface area contributed by atoms with Crippen molar-refractivity contribution in [3.63, 3.8) is 0 Å². The van der Waals surface area contributed by atoms with Gasteiger partial charge in [0, 0.05) is 31.7 Å². The maximum absolute atomic E-state index is 12.6. The second-order valence-corrected chi connectivity index (χ2v) is 5.40. The molecule has 0 aromatic heterocycles. The van der Waals surface area contributed by atoms with Crippen molar-refractivity contribution in [3.05, 3.63) is 34.9 Å². The lowest BCUT2D eigenvalue weighted by Crippen LogP contribution is -2.37. The number of benzene rings is 1. The van der Waals surface area contributed by atoms with E-state index in [4.69, 9.17) is 4.74 Å². The van der Waals surface area contributed by atoms with Crippen molar-refractivity contribution in [1.29, 1.82) is 0 Å². The second kappa shape index (κ2) is 6.61. The third-order valence-corrected chi connectivity index (χ3v) is 3.97. The molecule has 1 aromatic rings. The lowest BCUT2D eigenvalue weighted by Gasteiger charge is -2.21. The van der Waals surface area contributed by atoms with Gasteiger partial charge < -0.3 is 14.5 Å². The molecule has 114 valence electrons. The van der Waals surface area contributed by atoms with Crippen molar-refractivity contribution in [2.75, 3.05) is 33.3 Å². The molecule has 0 radical (unpaired) electrons. The molecule has 0 spiro atoms. The predicted octanol–water partition coefficient (Wildman–Crippen LogP) is 2.22. The standard InChI is InChI=1S/C16H22N2O3/c1-12-5-6-14(11-13(12)2)15(19)17-7-4-8-18(10-9-17)16(20)21-3/h5-6,11H,4,7-10H2,1-3H3. The van der Waals surface area contributed by atoms with Crippen molar-refractivity contribution in [2.45, 2.75) is 20.3 Å². The molecule has 1 saturated heterocycles. The van der Waals surface area contributed by atoms with E-state index in [0.29, 0.717) is 31.7 Å². The van der Waals surface area contributed by atoms with Crippen LogP contribution in [-0.4, -0.2) is 55.1 Å². The van der Waals surface area contributed by atoms with Gasteiger partial charge in [-0.25, -0.2) is 4.79 Å². The van der Waals surface area contributed by atoms with Gasteiger partial charge in [-0.15, -0.1) is 0 Å².